The average Bonchev–Trinajstić information content (AvgIpc) is 3.33. The van der Waals surface area contributed by atoms with Crippen molar-refractivity contribution >= 4 is 33.2 Å². The zero-order valence-corrected chi connectivity index (χ0v) is 19.0. The fourth-order valence-electron chi connectivity index (χ4n) is 3.54. The summed E-state index contributed by atoms with van der Waals surface area (Å²) in [6.45, 7) is 4.24. The highest BCUT2D eigenvalue weighted by Crippen LogP contribution is 2.33. The summed E-state index contributed by atoms with van der Waals surface area (Å²) >= 11 is 4.41. The number of rotatable bonds is 5. The minimum absolute atomic E-state index is 0.0205. The van der Waals surface area contributed by atoms with Gasteiger partial charge < -0.3 is 4.90 Å². The summed E-state index contributed by atoms with van der Waals surface area (Å²) < 4.78 is 31.3. The molecule has 0 bridgehead atoms. The molecular weight excluding hydrogens is 478 g/mol. The average molecular weight is 499 g/mol. The molecule has 0 unspecified atom stereocenters. The Labute approximate surface area is 184 Å². The van der Waals surface area contributed by atoms with Crippen LogP contribution in [0.3, 0.4) is 0 Å². The van der Waals surface area contributed by atoms with Gasteiger partial charge in [0.25, 0.3) is 5.92 Å². The predicted molar refractivity (Wildman–Crippen MR) is 114 cm³/mol. The molecule has 0 saturated carbocycles. The number of aryl methyl sites for hydroxylation is 1. The van der Waals surface area contributed by atoms with Crippen LogP contribution in [-0.2, 0) is 12.5 Å². The van der Waals surface area contributed by atoms with Crippen molar-refractivity contribution in [1.82, 2.24) is 24.3 Å². The summed E-state index contributed by atoms with van der Waals surface area (Å²) in [6, 6.07) is 3.33. The lowest BCUT2D eigenvalue weighted by molar-refractivity contribution is 0.0215. The van der Waals surface area contributed by atoms with Crippen molar-refractivity contribution < 1.29 is 8.78 Å². The highest BCUT2D eigenvalue weighted by atomic mass is 79.9. The van der Waals surface area contributed by atoms with Gasteiger partial charge in [0, 0.05) is 31.1 Å². The molecule has 0 aliphatic carbocycles. The molecule has 7 nitrogen and oxygen atoms in total. The molecule has 4 heterocycles. The molecule has 0 radical (unpaired) electrons. The minimum atomic E-state index is -2.89. The van der Waals surface area contributed by atoms with Crippen molar-refractivity contribution in [2.45, 2.75) is 45.2 Å². The van der Waals surface area contributed by atoms with Crippen molar-refractivity contribution in [2.75, 3.05) is 18.0 Å². The number of hydrogen-bond acceptors (Lipinski definition) is 6. The van der Waals surface area contributed by atoms with Gasteiger partial charge in [-0.15, -0.1) is 11.3 Å². The van der Waals surface area contributed by atoms with Crippen LogP contribution >= 0.6 is 27.3 Å². The zero-order valence-electron chi connectivity index (χ0n) is 16.6. The molecule has 30 heavy (non-hydrogen) atoms. The first-order chi connectivity index (χ1) is 14.2. The standard InChI is InChI=1S/C19H21BrF2N6OS/c1-12-24-17(26-7-5-14(6-8-26)28-10-13(20)9-23-28)25-18(29)27(12)11-15-3-4-16(30-15)19(2,21)22/h3-4,9-10,14H,5-8,11H2,1-2H3. The van der Waals surface area contributed by atoms with Crippen LogP contribution in [-0.4, -0.2) is 37.4 Å². The number of piperidine rings is 1. The van der Waals surface area contributed by atoms with Crippen molar-refractivity contribution in [2.24, 2.45) is 0 Å². The van der Waals surface area contributed by atoms with E-state index in [0.29, 0.717) is 22.7 Å². The Morgan fingerprint density at radius 2 is 2.00 bits per heavy atom. The third-order valence-electron chi connectivity index (χ3n) is 5.18. The number of aromatic nitrogens is 5. The second kappa shape index (κ2) is 8.18. The molecule has 1 aliphatic heterocycles. The SMILES string of the molecule is Cc1nc(N2CCC(n3cc(Br)cn3)CC2)nc(=O)n1Cc1ccc(C(C)(F)F)s1. The summed E-state index contributed by atoms with van der Waals surface area (Å²) in [6.07, 6.45) is 5.49. The molecule has 1 saturated heterocycles. The molecular formula is C19H21BrF2N6OS. The first-order valence-corrected chi connectivity index (χ1v) is 11.2. The van der Waals surface area contributed by atoms with Crippen molar-refractivity contribution in [3.63, 3.8) is 0 Å². The molecule has 160 valence electrons. The Balaban J connectivity index is 1.47. The van der Waals surface area contributed by atoms with E-state index in [1.54, 1.807) is 19.2 Å². The molecule has 3 aromatic rings. The molecule has 1 aliphatic rings. The van der Waals surface area contributed by atoms with Gasteiger partial charge in [-0.3, -0.25) is 9.25 Å². The maximum atomic E-state index is 13.5. The third-order valence-corrected chi connectivity index (χ3v) is 6.83. The fourth-order valence-corrected chi connectivity index (χ4v) is 4.77. The topological polar surface area (TPSA) is 68.8 Å². The molecule has 3 aromatic heterocycles. The number of hydrogen-bond donors (Lipinski definition) is 0. The van der Waals surface area contributed by atoms with E-state index >= 15 is 0 Å². The molecule has 11 heteroatoms. The summed E-state index contributed by atoms with van der Waals surface area (Å²) in [4.78, 5) is 24.0. The Kier molecular flexibility index (Phi) is 5.75. The van der Waals surface area contributed by atoms with Gasteiger partial charge in [-0.2, -0.15) is 15.1 Å². The fraction of sp³-hybridized carbons (Fsp3) is 0.474. The van der Waals surface area contributed by atoms with Gasteiger partial charge >= 0.3 is 5.69 Å². The number of anilines is 1. The van der Waals surface area contributed by atoms with E-state index in [0.717, 1.165) is 48.7 Å². The monoisotopic (exact) mass is 498 g/mol. The van der Waals surface area contributed by atoms with Crippen LogP contribution in [0.1, 0.15) is 41.4 Å². The van der Waals surface area contributed by atoms with Crippen LogP contribution in [0.2, 0.25) is 0 Å². The smallest absolute Gasteiger partial charge is 0.340 e. The van der Waals surface area contributed by atoms with Gasteiger partial charge in [0.2, 0.25) is 5.95 Å². The number of thiophene rings is 1. The quantitative estimate of drug-likeness (QED) is 0.532. The predicted octanol–water partition coefficient (Wildman–Crippen LogP) is 3.97. The molecule has 0 spiro atoms. The second-order valence-electron chi connectivity index (χ2n) is 7.45. The summed E-state index contributed by atoms with van der Waals surface area (Å²) in [7, 11) is 0. The number of halogens is 3. The molecule has 0 N–H and O–H groups in total. The van der Waals surface area contributed by atoms with Gasteiger partial charge in [-0.25, -0.2) is 13.6 Å². The van der Waals surface area contributed by atoms with E-state index in [2.05, 4.69) is 31.0 Å². The number of alkyl halides is 2. The van der Waals surface area contributed by atoms with Crippen LogP contribution in [0.4, 0.5) is 14.7 Å². The Bertz CT molecular complexity index is 1100. The molecule has 1 fully saturated rings. The van der Waals surface area contributed by atoms with Crippen LogP contribution in [0.15, 0.2) is 33.8 Å². The van der Waals surface area contributed by atoms with E-state index in [4.69, 9.17) is 0 Å². The Hall–Kier alpha value is -2.14. The van der Waals surface area contributed by atoms with E-state index in [9.17, 15) is 13.6 Å². The van der Waals surface area contributed by atoms with Gasteiger partial charge in [-0.05, 0) is 47.8 Å². The Morgan fingerprint density at radius 1 is 1.27 bits per heavy atom. The zero-order chi connectivity index (χ0) is 21.5. The molecule has 4 rings (SSSR count). The lowest BCUT2D eigenvalue weighted by Gasteiger charge is -2.32. The van der Waals surface area contributed by atoms with E-state index < -0.39 is 11.6 Å². The first-order valence-electron chi connectivity index (χ1n) is 9.58. The van der Waals surface area contributed by atoms with Crippen LogP contribution < -0.4 is 10.6 Å². The minimum Gasteiger partial charge on any atom is -0.340 e. The molecule has 0 amide bonds. The first kappa shape index (κ1) is 21.1. The largest absolute Gasteiger partial charge is 0.352 e. The van der Waals surface area contributed by atoms with E-state index in [1.807, 2.05) is 15.8 Å². The molecule has 0 atom stereocenters. The normalized spacial score (nSPS) is 15.7. The van der Waals surface area contributed by atoms with E-state index in [1.165, 1.54) is 10.6 Å². The summed E-state index contributed by atoms with van der Waals surface area (Å²) in [5.41, 5.74) is -0.422. The van der Waals surface area contributed by atoms with E-state index in [-0.39, 0.29) is 11.4 Å². The summed E-state index contributed by atoms with van der Waals surface area (Å²) in [5, 5.41) is 4.35. The van der Waals surface area contributed by atoms with Gasteiger partial charge in [-0.1, -0.05) is 0 Å². The van der Waals surface area contributed by atoms with Crippen LogP contribution in [0.25, 0.3) is 0 Å². The van der Waals surface area contributed by atoms with Crippen LogP contribution in [0, 0.1) is 6.92 Å². The highest BCUT2D eigenvalue weighted by Gasteiger charge is 2.27. The van der Waals surface area contributed by atoms with Crippen molar-refractivity contribution in [3.8, 4) is 0 Å². The maximum absolute atomic E-state index is 13.5. The van der Waals surface area contributed by atoms with Gasteiger partial charge in [0.1, 0.15) is 5.82 Å². The highest BCUT2D eigenvalue weighted by molar-refractivity contribution is 9.10. The number of nitrogens with zero attached hydrogens (tertiary/aromatic N) is 6. The van der Waals surface area contributed by atoms with Crippen molar-refractivity contribution in [3.05, 3.63) is 55.1 Å². The third kappa shape index (κ3) is 4.46. The van der Waals surface area contributed by atoms with Gasteiger partial charge in [0.05, 0.1) is 28.1 Å². The maximum Gasteiger partial charge on any atom is 0.352 e. The van der Waals surface area contributed by atoms with Crippen LogP contribution in [0.5, 0.6) is 0 Å². The second-order valence-corrected chi connectivity index (χ2v) is 9.53. The lowest BCUT2D eigenvalue weighted by Crippen LogP contribution is -2.38. The summed E-state index contributed by atoms with van der Waals surface area (Å²) in [5.74, 6) is -1.95. The van der Waals surface area contributed by atoms with Crippen molar-refractivity contribution in [1.29, 1.82) is 0 Å². The van der Waals surface area contributed by atoms with Gasteiger partial charge in [0.15, 0.2) is 0 Å². The Morgan fingerprint density at radius 3 is 2.57 bits per heavy atom. The lowest BCUT2D eigenvalue weighted by atomic mass is 10.1. The molecule has 0 aromatic carbocycles.